The highest BCUT2D eigenvalue weighted by Crippen LogP contribution is 2.54. The Kier molecular flexibility index (Phi) is 6.46. The molecular formula is C34H26O10. The summed E-state index contributed by atoms with van der Waals surface area (Å²) in [5.74, 6) is -2.62. The maximum Gasteiger partial charge on any atom is 0.190 e. The molecule has 2 aliphatic carbocycles. The lowest BCUT2D eigenvalue weighted by atomic mass is 9.75. The van der Waals surface area contributed by atoms with E-state index < -0.39 is 34.6 Å². The number of benzene rings is 4. The molecule has 0 atom stereocenters. The Morgan fingerprint density at radius 1 is 0.500 bits per heavy atom. The highest BCUT2D eigenvalue weighted by molar-refractivity contribution is 6.36. The van der Waals surface area contributed by atoms with Crippen molar-refractivity contribution in [2.24, 2.45) is 0 Å². The topological polar surface area (TPSA) is 146 Å². The monoisotopic (exact) mass is 594 g/mol. The van der Waals surface area contributed by atoms with Gasteiger partial charge in [-0.25, -0.2) is 0 Å². The maximum atomic E-state index is 14.0. The largest absolute Gasteiger partial charge is 0.506 e. The molecule has 10 heteroatoms. The van der Waals surface area contributed by atoms with Crippen molar-refractivity contribution < 1.29 is 48.3 Å². The van der Waals surface area contributed by atoms with Crippen LogP contribution >= 0.6 is 0 Å². The molecule has 0 saturated carbocycles. The molecule has 2 N–H and O–H groups in total. The minimum Gasteiger partial charge on any atom is -0.506 e. The molecule has 0 saturated heterocycles. The molecule has 10 nitrogen and oxygen atoms in total. The number of phenolic OH excluding ortho intramolecular Hbond substituents is 2. The zero-order valence-electron chi connectivity index (χ0n) is 24.6. The highest BCUT2D eigenvalue weighted by Gasteiger charge is 2.39. The number of allylic oxidation sites excluding steroid dienone is 4. The number of hydrogen-bond acceptors (Lipinski definition) is 10. The van der Waals surface area contributed by atoms with Crippen molar-refractivity contribution in [2.75, 3.05) is 28.4 Å². The standard InChI is InChI=1S/C34H26O10/c1-13-7-19(35)27-29(31(13)37)25(17-9-15(41-3)11-21(43-5)23(17)33(27)39)26-18-10-16(42-4)12-22(44-6)24(18)34(40)28-20(36)8-14(2)32(38)30(26)28/h7-12,39-40H,1-6H3. The third-order valence-electron chi connectivity index (χ3n) is 8.16. The molecule has 0 fully saturated rings. The number of phenols is 2. The molecule has 4 aromatic carbocycles. The Hall–Kier alpha value is -5.64. The van der Waals surface area contributed by atoms with Crippen LogP contribution in [0.3, 0.4) is 0 Å². The average molecular weight is 595 g/mol. The van der Waals surface area contributed by atoms with Crippen LogP contribution in [0, 0.1) is 0 Å². The molecule has 222 valence electrons. The van der Waals surface area contributed by atoms with Gasteiger partial charge in [-0.15, -0.1) is 0 Å². The summed E-state index contributed by atoms with van der Waals surface area (Å²) >= 11 is 0. The van der Waals surface area contributed by atoms with Crippen LogP contribution in [0.1, 0.15) is 55.3 Å². The summed E-state index contributed by atoms with van der Waals surface area (Å²) in [4.78, 5) is 55.1. The number of ketones is 4. The summed E-state index contributed by atoms with van der Waals surface area (Å²) in [6.07, 6.45) is 2.27. The Bertz CT molecular complexity index is 1960. The molecule has 0 radical (unpaired) electrons. The summed E-state index contributed by atoms with van der Waals surface area (Å²) in [5, 5.41) is 23.7. The van der Waals surface area contributed by atoms with Crippen molar-refractivity contribution >= 4 is 44.7 Å². The second kappa shape index (κ2) is 9.98. The van der Waals surface area contributed by atoms with E-state index in [1.54, 1.807) is 12.1 Å². The number of carbonyl (C=O) groups excluding carboxylic acids is 4. The fourth-order valence-electron chi connectivity index (χ4n) is 6.14. The van der Waals surface area contributed by atoms with Crippen molar-refractivity contribution in [3.8, 4) is 45.6 Å². The van der Waals surface area contributed by atoms with Gasteiger partial charge in [0.25, 0.3) is 0 Å². The van der Waals surface area contributed by atoms with E-state index in [-0.39, 0.29) is 89.1 Å². The SMILES string of the molecule is COc1cc(OC)c2c(O)c3c(c(-c4c5c(c(O)c6c(OC)cc(OC)cc46)C(=O)C=C(C)C5=O)c2c1)C(=O)C(C)=CC3=O. The van der Waals surface area contributed by atoms with Gasteiger partial charge in [0.1, 0.15) is 34.5 Å². The second-order valence-electron chi connectivity index (χ2n) is 10.5. The molecule has 0 aromatic heterocycles. The molecule has 4 aromatic rings. The van der Waals surface area contributed by atoms with Gasteiger partial charge in [0.2, 0.25) is 0 Å². The van der Waals surface area contributed by atoms with Crippen molar-refractivity contribution in [3.05, 3.63) is 69.8 Å². The number of aromatic hydroxyl groups is 2. The van der Waals surface area contributed by atoms with Gasteiger partial charge in [-0.2, -0.15) is 0 Å². The van der Waals surface area contributed by atoms with Crippen molar-refractivity contribution in [3.63, 3.8) is 0 Å². The second-order valence-corrected chi connectivity index (χ2v) is 10.5. The molecule has 0 aliphatic heterocycles. The Morgan fingerprint density at radius 3 is 1.18 bits per heavy atom. The van der Waals surface area contributed by atoms with Gasteiger partial charge in [0, 0.05) is 56.3 Å². The third kappa shape index (κ3) is 3.73. The van der Waals surface area contributed by atoms with Gasteiger partial charge < -0.3 is 29.2 Å². The van der Waals surface area contributed by atoms with Crippen LogP contribution in [0.25, 0.3) is 32.7 Å². The zero-order chi connectivity index (χ0) is 31.8. The summed E-state index contributed by atoms with van der Waals surface area (Å²) in [6.45, 7) is 2.94. The lowest BCUT2D eigenvalue weighted by molar-refractivity contribution is 0.0981. The van der Waals surface area contributed by atoms with Gasteiger partial charge in [0.15, 0.2) is 23.1 Å². The van der Waals surface area contributed by atoms with Crippen molar-refractivity contribution in [1.82, 2.24) is 0 Å². The predicted molar refractivity (Wildman–Crippen MR) is 161 cm³/mol. The number of rotatable bonds is 5. The van der Waals surface area contributed by atoms with Crippen LogP contribution in [0.5, 0.6) is 34.5 Å². The van der Waals surface area contributed by atoms with Gasteiger partial charge >= 0.3 is 0 Å². The van der Waals surface area contributed by atoms with Gasteiger partial charge in [-0.3, -0.25) is 19.2 Å². The van der Waals surface area contributed by atoms with Crippen LogP contribution in [-0.4, -0.2) is 61.8 Å². The summed E-state index contributed by atoms with van der Waals surface area (Å²) in [5.41, 5.74) is -0.633. The molecule has 0 amide bonds. The lowest BCUT2D eigenvalue weighted by Gasteiger charge is -2.27. The summed E-state index contributed by atoms with van der Waals surface area (Å²) < 4.78 is 22.2. The number of hydrogen-bond donors (Lipinski definition) is 2. The van der Waals surface area contributed by atoms with E-state index in [9.17, 15) is 29.4 Å². The molecule has 6 rings (SSSR count). The van der Waals surface area contributed by atoms with Crippen molar-refractivity contribution in [2.45, 2.75) is 13.8 Å². The van der Waals surface area contributed by atoms with Gasteiger partial charge in [0.05, 0.1) is 50.3 Å². The number of carbonyl (C=O) groups is 4. The van der Waals surface area contributed by atoms with E-state index in [0.29, 0.717) is 0 Å². The maximum absolute atomic E-state index is 14.0. The normalized spacial score (nSPS) is 14.3. The van der Waals surface area contributed by atoms with E-state index in [4.69, 9.17) is 18.9 Å². The summed E-state index contributed by atoms with van der Waals surface area (Å²) in [7, 11) is 5.58. The summed E-state index contributed by atoms with van der Waals surface area (Å²) in [6, 6.07) is 6.09. The Balaban J connectivity index is 2.02. The van der Waals surface area contributed by atoms with E-state index >= 15 is 0 Å². The fourth-order valence-corrected chi connectivity index (χ4v) is 6.14. The number of fused-ring (bicyclic) bond motifs is 4. The van der Waals surface area contributed by atoms with Crippen LogP contribution in [-0.2, 0) is 0 Å². The van der Waals surface area contributed by atoms with Gasteiger partial charge in [-0.05, 0) is 38.1 Å². The third-order valence-corrected chi connectivity index (χ3v) is 8.16. The molecule has 44 heavy (non-hydrogen) atoms. The number of ether oxygens (including phenoxy) is 4. The molecule has 0 heterocycles. The highest BCUT2D eigenvalue weighted by atomic mass is 16.5. The number of methoxy groups -OCH3 is 4. The van der Waals surface area contributed by atoms with E-state index in [1.807, 2.05) is 0 Å². The average Bonchev–Trinajstić information content (AvgIpc) is 3.01. The molecule has 0 bridgehead atoms. The smallest absolute Gasteiger partial charge is 0.190 e. The van der Waals surface area contributed by atoms with Gasteiger partial charge in [-0.1, -0.05) is 0 Å². The van der Waals surface area contributed by atoms with Crippen LogP contribution in [0.15, 0.2) is 47.6 Å². The number of Topliss-reactive ketones (excluding diaryl/α,β-unsaturated/α-hetero) is 2. The quantitative estimate of drug-likeness (QED) is 0.293. The minimum absolute atomic E-state index is 0.0585. The Labute approximate surface area is 250 Å². The first-order chi connectivity index (χ1) is 21.0. The van der Waals surface area contributed by atoms with Crippen LogP contribution in [0.4, 0.5) is 0 Å². The first-order valence-corrected chi connectivity index (χ1v) is 13.4. The Morgan fingerprint density at radius 2 is 0.864 bits per heavy atom. The molecule has 0 unspecified atom stereocenters. The predicted octanol–water partition coefficient (Wildman–Crippen LogP) is 5.76. The first kappa shape index (κ1) is 28.5. The minimum atomic E-state index is -0.638. The van der Waals surface area contributed by atoms with E-state index in [0.717, 1.165) is 12.2 Å². The van der Waals surface area contributed by atoms with E-state index in [1.165, 1.54) is 54.4 Å². The molecular weight excluding hydrogens is 568 g/mol. The van der Waals surface area contributed by atoms with E-state index in [2.05, 4.69) is 0 Å². The fraction of sp³-hybridized carbons (Fsp3) is 0.176. The zero-order valence-corrected chi connectivity index (χ0v) is 24.6. The molecule has 2 aliphatic rings. The van der Waals surface area contributed by atoms with Crippen LogP contribution < -0.4 is 18.9 Å². The van der Waals surface area contributed by atoms with Crippen molar-refractivity contribution in [1.29, 1.82) is 0 Å². The molecule has 0 spiro atoms. The first-order valence-electron chi connectivity index (χ1n) is 13.4. The lowest BCUT2D eigenvalue weighted by Crippen LogP contribution is -2.21. The van der Waals surface area contributed by atoms with Crippen LogP contribution in [0.2, 0.25) is 0 Å².